The molecule has 0 bridgehead atoms. The van der Waals surface area contributed by atoms with Gasteiger partial charge in [-0.15, -0.1) is 6.58 Å². The second-order valence-electron chi connectivity index (χ2n) is 9.92. The predicted octanol–water partition coefficient (Wildman–Crippen LogP) is 6.12. The van der Waals surface area contributed by atoms with E-state index in [-0.39, 0.29) is 0 Å². The fourth-order valence-electron chi connectivity index (χ4n) is 5.00. The molecule has 4 N–H and O–H groups in total. The van der Waals surface area contributed by atoms with Gasteiger partial charge in [0.05, 0.1) is 5.56 Å². The Hall–Kier alpha value is -4.30. The first-order chi connectivity index (χ1) is 19.3. The van der Waals surface area contributed by atoms with Crippen LogP contribution < -0.4 is 11.3 Å². The van der Waals surface area contributed by atoms with Crippen molar-refractivity contribution in [3.05, 3.63) is 101 Å². The summed E-state index contributed by atoms with van der Waals surface area (Å²) in [6.45, 7) is 11.1. The number of hydrazine groups is 1. The highest BCUT2D eigenvalue weighted by Gasteiger charge is 2.30. The van der Waals surface area contributed by atoms with Gasteiger partial charge in [-0.2, -0.15) is 5.10 Å². The van der Waals surface area contributed by atoms with Gasteiger partial charge in [-0.1, -0.05) is 67.3 Å². The highest BCUT2D eigenvalue weighted by molar-refractivity contribution is 6.12. The zero-order valence-corrected chi connectivity index (χ0v) is 23.7. The lowest BCUT2D eigenvalue weighted by molar-refractivity contribution is 0.0696. The third kappa shape index (κ3) is 7.64. The second kappa shape index (κ2) is 14.7. The van der Waals surface area contributed by atoms with E-state index in [2.05, 4.69) is 60.0 Å². The monoisotopic (exact) mass is 540 g/mol. The number of carboxylic acids is 1. The Bertz CT molecular complexity index is 1330. The van der Waals surface area contributed by atoms with E-state index in [9.17, 15) is 4.79 Å². The maximum Gasteiger partial charge on any atom is 0.335 e. The number of nitrogens with two attached hydrogens (primary N) is 1. The Morgan fingerprint density at radius 1 is 1.20 bits per heavy atom. The number of rotatable bonds is 7. The number of nitrogens with one attached hydrogen (secondary N) is 1. The molecule has 210 valence electrons. The normalized spacial score (nSPS) is 17.1. The number of hydrogen-bond donors (Lipinski definition) is 3. The second-order valence-corrected chi connectivity index (χ2v) is 9.92. The summed E-state index contributed by atoms with van der Waals surface area (Å²) in [5, 5.41) is 14.2. The molecular formula is C32H40N6O2. The van der Waals surface area contributed by atoms with Gasteiger partial charge in [0, 0.05) is 42.7 Å². The van der Waals surface area contributed by atoms with Crippen LogP contribution in [0.5, 0.6) is 0 Å². The van der Waals surface area contributed by atoms with Crippen LogP contribution in [0.4, 0.5) is 0 Å². The third-order valence-electron chi connectivity index (χ3n) is 7.09. The van der Waals surface area contributed by atoms with Gasteiger partial charge >= 0.3 is 5.97 Å². The van der Waals surface area contributed by atoms with Crippen molar-refractivity contribution in [2.45, 2.75) is 52.4 Å². The number of carboxylic acid groups (broad SMARTS) is 1. The minimum atomic E-state index is -0.888. The molecule has 0 atom stereocenters. The first-order valence-corrected chi connectivity index (χ1v) is 13.5. The smallest absolute Gasteiger partial charge is 0.335 e. The molecule has 0 spiro atoms. The van der Waals surface area contributed by atoms with Crippen LogP contribution in [0.2, 0.25) is 0 Å². The number of hydrogen-bond acceptors (Lipinski definition) is 6. The van der Waals surface area contributed by atoms with E-state index in [0.29, 0.717) is 29.6 Å². The molecule has 1 heterocycles. The van der Waals surface area contributed by atoms with E-state index in [1.807, 2.05) is 19.2 Å². The molecule has 1 saturated carbocycles. The number of benzene rings is 2. The van der Waals surface area contributed by atoms with Gasteiger partial charge in [0.25, 0.3) is 0 Å². The predicted molar refractivity (Wildman–Crippen MR) is 165 cm³/mol. The topological polar surface area (TPSA) is 116 Å². The van der Waals surface area contributed by atoms with Crippen molar-refractivity contribution in [3.8, 4) is 0 Å². The van der Waals surface area contributed by atoms with Gasteiger partial charge in [0.2, 0.25) is 0 Å². The summed E-state index contributed by atoms with van der Waals surface area (Å²) in [6.07, 6.45) is 10.5. The van der Waals surface area contributed by atoms with Gasteiger partial charge in [0.1, 0.15) is 5.84 Å². The number of allylic oxidation sites excluding steroid dienone is 3. The van der Waals surface area contributed by atoms with E-state index in [0.717, 1.165) is 40.8 Å². The molecule has 1 aliphatic heterocycles. The van der Waals surface area contributed by atoms with Crippen LogP contribution in [0.1, 0.15) is 66.1 Å². The van der Waals surface area contributed by atoms with Gasteiger partial charge in [0.15, 0.2) is 5.82 Å². The molecule has 0 aromatic heterocycles. The lowest BCUT2D eigenvalue weighted by atomic mass is 9.83. The summed E-state index contributed by atoms with van der Waals surface area (Å²) in [6, 6.07) is 15.4. The van der Waals surface area contributed by atoms with Crippen molar-refractivity contribution in [2.75, 3.05) is 7.05 Å². The molecule has 1 fully saturated rings. The number of aryl methyl sites for hydroxylation is 1. The molecule has 40 heavy (non-hydrogen) atoms. The summed E-state index contributed by atoms with van der Waals surface area (Å²) in [5.74, 6) is 7.51. The van der Waals surface area contributed by atoms with Gasteiger partial charge in [-0.05, 0) is 56.4 Å². The first kappa shape index (κ1) is 30.2. The lowest BCUT2D eigenvalue weighted by Crippen LogP contribution is -2.38. The summed E-state index contributed by atoms with van der Waals surface area (Å²) in [7, 11) is 1.71. The SMILES string of the molecule is C=CCc1cccc(C(=O)O)c1.C=NNC(=NC)/C(C)=C1\N=CC(c2ccc(C)cc2)=C(C2CCCCC2)N1N. The van der Waals surface area contributed by atoms with Crippen molar-refractivity contribution < 1.29 is 9.90 Å². The average Bonchev–Trinajstić information content (AvgIpc) is 2.97. The molecule has 4 rings (SSSR count). The molecule has 2 aromatic carbocycles. The Balaban J connectivity index is 0.000000307. The van der Waals surface area contributed by atoms with E-state index >= 15 is 0 Å². The molecule has 8 heteroatoms. The lowest BCUT2D eigenvalue weighted by Gasteiger charge is -2.35. The Labute approximate surface area is 237 Å². The standard InChI is InChI=1S/C22H30N6.C10H10O2/c1-15-10-12-17(13-11-15)19-14-26-22(16(2)21(24-3)27-25-4)28(23)20(19)18-8-6-5-7-9-18;1-2-4-8-5-3-6-9(7-8)10(11)12/h10-14,18H,4-9,23H2,1-3H3,(H,24,27);2-3,5-7H,1,4H2,(H,11,12)/b22-16+;. The summed E-state index contributed by atoms with van der Waals surface area (Å²) < 4.78 is 0. The van der Waals surface area contributed by atoms with Gasteiger partial charge < -0.3 is 5.11 Å². The minimum absolute atomic E-state index is 0.328. The van der Waals surface area contributed by atoms with E-state index in [1.165, 1.54) is 24.8 Å². The average molecular weight is 541 g/mol. The molecule has 8 nitrogen and oxygen atoms in total. The molecular weight excluding hydrogens is 500 g/mol. The van der Waals surface area contributed by atoms with Gasteiger partial charge in [-0.3, -0.25) is 15.4 Å². The van der Waals surface area contributed by atoms with E-state index in [4.69, 9.17) is 15.9 Å². The summed E-state index contributed by atoms with van der Waals surface area (Å²) in [4.78, 5) is 19.5. The number of amidine groups is 1. The molecule has 0 saturated heterocycles. The van der Waals surface area contributed by atoms with Crippen LogP contribution >= 0.6 is 0 Å². The molecule has 2 aromatic rings. The fourth-order valence-corrected chi connectivity index (χ4v) is 5.00. The Morgan fingerprint density at radius 3 is 2.50 bits per heavy atom. The highest BCUT2D eigenvalue weighted by atomic mass is 16.4. The molecule has 2 aliphatic rings. The maximum absolute atomic E-state index is 10.5. The zero-order valence-electron chi connectivity index (χ0n) is 23.7. The van der Waals surface area contributed by atoms with Crippen LogP contribution in [0, 0.1) is 12.8 Å². The fraction of sp³-hybridized carbons (Fsp3) is 0.312. The molecule has 1 aliphatic carbocycles. The third-order valence-corrected chi connectivity index (χ3v) is 7.09. The van der Waals surface area contributed by atoms with Crippen LogP contribution in [0.15, 0.2) is 93.4 Å². The first-order valence-electron chi connectivity index (χ1n) is 13.5. The maximum atomic E-state index is 10.5. The number of hydrazone groups is 1. The van der Waals surface area contributed by atoms with E-state index < -0.39 is 5.97 Å². The van der Waals surface area contributed by atoms with Crippen molar-refractivity contribution in [1.82, 2.24) is 10.4 Å². The number of carbonyl (C=O) groups is 1. The van der Waals surface area contributed by atoms with E-state index in [1.54, 1.807) is 36.3 Å². The number of nitrogens with zero attached hydrogens (tertiary/aromatic N) is 4. The van der Waals surface area contributed by atoms with Crippen molar-refractivity contribution in [1.29, 1.82) is 0 Å². The van der Waals surface area contributed by atoms with Crippen LogP contribution in [-0.2, 0) is 6.42 Å². The number of aromatic carboxylic acids is 1. The van der Waals surface area contributed by atoms with Crippen LogP contribution in [0.3, 0.4) is 0 Å². The minimum Gasteiger partial charge on any atom is -0.478 e. The van der Waals surface area contributed by atoms with Crippen LogP contribution in [0.25, 0.3) is 5.57 Å². The Morgan fingerprint density at radius 2 is 1.90 bits per heavy atom. The summed E-state index contributed by atoms with van der Waals surface area (Å²) >= 11 is 0. The zero-order chi connectivity index (χ0) is 29.1. The van der Waals surface area contributed by atoms with Gasteiger partial charge in [-0.25, -0.2) is 15.6 Å². The summed E-state index contributed by atoms with van der Waals surface area (Å²) in [5.41, 5.74) is 9.62. The van der Waals surface area contributed by atoms with Crippen molar-refractivity contribution >= 4 is 30.3 Å². The Kier molecular flexibility index (Phi) is 11.1. The van der Waals surface area contributed by atoms with Crippen LogP contribution in [-0.4, -0.2) is 41.9 Å². The molecule has 0 radical (unpaired) electrons. The quantitative estimate of drug-likeness (QED) is 0.129. The van der Waals surface area contributed by atoms with Crippen molar-refractivity contribution in [3.63, 3.8) is 0 Å². The number of aliphatic imine (C=N–C) groups is 2. The van der Waals surface area contributed by atoms with Crippen molar-refractivity contribution in [2.24, 2.45) is 26.8 Å². The molecule has 0 amide bonds. The molecule has 0 unspecified atom stereocenters. The largest absolute Gasteiger partial charge is 0.478 e. The highest BCUT2D eigenvalue weighted by Crippen LogP contribution is 2.38.